The number of nitrogens with two attached hydrogens (primary N) is 1. The fourth-order valence-electron chi connectivity index (χ4n) is 1.79. The molecule has 1 unspecified atom stereocenters. The molecule has 0 radical (unpaired) electrons. The first-order valence-electron chi connectivity index (χ1n) is 5.81. The molecule has 17 heavy (non-hydrogen) atoms. The fourth-order valence-corrected chi connectivity index (χ4v) is 1.79. The first-order chi connectivity index (χ1) is 8.11. The zero-order chi connectivity index (χ0) is 12.7. The Morgan fingerprint density at radius 3 is 2.41 bits per heavy atom. The summed E-state index contributed by atoms with van der Waals surface area (Å²) in [6.07, 6.45) is 3.26. The SMILES string of the molecule is COCCCCC(N)Cc1cc(F)cc(F)c1. The van der Waals surface area contributed by atoms with Crippen molar-refractivity contribution in [2.75, 3.05) is 13.7 Å². The summed E-state index contributed by atoms with van der Waals surface area (Å²) in [7, 11) is 1.66. The quantitative estimate of drug-likeness (QED) is 0.747. The van der Waals surface area contributed by atoms with Gasteiger partial charge in [0.1, 0.15) is 11.6 Å². The molecule has 0 aliphatic carbocycles. The predicted molar refractivity (Wildman–Crippen MR) is 63.8 cm³/mol. The molecule has 1 aromatic carbocycles. The van der Waals surface area contributed by atoms with Crippen molar-refractivity contribution in [3.8, 4) is 0 Å². The number of unbranched alkanes of at least 4 members (excludes halogenated alkanes) is 1. The third kappa shape index (κ3) is 5.75. The highest BCUT2D eigenvalue weighted by Gasteiger charge is 2.06. The Morgan fingerprint density at radius 1 is 1.18 bits per heavy atom. The van der Waals surface area contributed by atoms with Gasteiger partial charge in [0.05, 0.1) is 0 Å². The van der Waals surface area contributed by atoms with E-state index in [9.17, 15) is 8.78 Å². The third-order valence-electron chi connectivity index (χ3n) is 2.59. The van der Waals surface area contributed by atoms with E-state index in [4.69, 9.17) is 10.5 Å². The highest BCUT2D eigenvalue weighted by atomic mass is 19.1. The molecule has 96 valence electrons. The molecule has 0 saturated heterocycles. The Hall–Kier alpha value is -1.00. The Kier molecular flexibility index (Phi) is 6.08. The van der Waals surface area contributed by atoms with Gasteiger partial charge in [0.25, 0.3) is 0 Å². The van der Waals surface area contributed by atoms with E-state index in [1.54, 1.807) is 7.11 Å². The molecule has 0 amide bonds. The summed E-state index contributed by atoms with van der Waals surface area (Å²) < 4.78 is 30.8. The van der Waals surface area contributed by atoms with Crippen LogP contribution in [0.15, 0.2) is 18.2 Å². The lowest BCUT2D eigenvalue weighted by atomic mass is 10.0. The van der Waals surface area contributed by atoms with E-state index >= 15 is 0 Å². The van der Waals surface area contributed by atoms with Crippen LogP contribution in [0.3, 0.4) is 0 Å². The molecule has 0 saturated carbocycles. The van der Waals surface area contributed by atoms with Gasteiger partial charge in [-0.05, 0) is 43.4 Å². The van der Waals surface area contributed by atoms with E-state index < -0.39 is 11.6 Å². The molecule has 4 heteroatoms. The monoisotopic (exact) mass is 243 g/mol. The number of hydrogen-bond donors (Lipinski definition) is 1. The van der Waals surface area contributed by atoms with Crippen molar-refractivity contribution in [2.45, 2.75) is 31.7 Å². The van der Waals surface area contributed by atoms with E-state index in [0.29, 0.717) is 12.0 Å². The molecule has 0 fully saturated rings. The maximum absolute atomic E-state index is 12.9. The van der Waals surface area contributed by atoms with Crippen LogP contribution in [-0.2, 0) is 11.2 Å². The van der Waals surface area contributed by atoms with Crippen molar-refractivity contribution >= 4 is 0 Å². The maximum atomic E-state index is 12.9. The molecular formula is C13H19F2NO. The van der Waals surface area contributed by atoms with Crippen molar-refractivity contribution in [1.29, 1.82) is 0 Å². The number of ether oxygens (including phenoxy) is 1. The van der Waals surface area contributed by atoms with Crippen LogP contribution in [0.5, 0.6) is 0 Å². The minimum absolute atomic E-state index is 0.0620. The van der Waals surface area contributed by atoms with Crippen LogP contribution in [0.25, 0.3) is 0 Å². The van der Waals surface area contributed by atoms with E-state index in [-0.39, 0.29) is 6.04 Å². The van der Waals surface area contributed by atoms with Crippen molar-refractivity contribution < 1.29 is 13.5 Å². The summed E-state index contributed by atoms with van der Waals surface area (Å²) in [5, 5.41) is 0. The normalized spacial score (nSPS) is 12.7. The summed E-state index contributed by atoms with van der Waals surface area (Å²) in [6.45, 7) is 0.724. The average Bonchev–Trinajstić information content (AvgIpc) is 2.23. The van der Waals surface area contributed by atoms with Gasteiger partial charge in [0.15, 0.2) is 0 Å². The smallest absolute Gasteiger partial charge is 0.126 e. The van der Waals surface area contributed by atoms with Gasteiger partial charge in [-0.1, -0.05) is 0 Å². The number of methoxy groups -OCH3 is 1. The number of halogens is 2. The van der Waals surface area contributed by atoms with Crippen LogP contribution in [0, 0.1) is 11.6 Å². The predicted octanol–water partition coefficient (Wildman–Crippen LogP) is 2.65. The summed E-state index contributed by atoms with van der Waals surface area (Å²) in [4.78, 5) is 0. The molecule has 0 aliphatic heterocycles. The lowest BCUT2D eigenvalue weighted by molar-refractivity contribution is 0.191. The minimum Gasteiger partial charge on any atom is -0.385 e. The van der Waals surface area contributed by atoms with Crippen LogP contribution >= 0.6 is 0 Å². The van der Waals surface area contributed by atoms with Gasteiger partial charge < -0.3 is 10.5 Å². The molecule has 0 spiro atoms. The minimum atomic E-state index is -0.549. The van der Waals surface area contributed by atoms with Gasteiger partial charge >= 0.3 is 0 Å². The molecule has 0 aromatic heterocycles. The van der Waals surface area contributed by atoms with Crippen molar-refractivity contribution in [3.63, 3.8) is 0 Å². The van der Waals surface area contributed by atoms with Crippen LogP contribution < -0.4 is 5.73 Å². The third-order valence-corrected chi connectivity index (χ3v) is 2.59. The Labute approximate surface area is 101 Å². The summed E-state index contributed by atoms with van der Waals surface area (Å²) in [6, 6.07) is 3.47. The lowest BCUT2D eigenvalue weighted by Gasteiger charge is -2.11. The summed E-state index contributed by atoms with van der Waals surface area (Å²) in [5.41, 5.74) is 6.52. The molecule has 0 heterocycles. The number of hydrogen-bond acceptors (Lipinski definition) is 2. The maximum Gasteiger partial charge on any atom is 0.126 e. The topological polar surface area (TPSA) is 35.2 Å². The second-order valence-electron chi connectivity index (χ2n) is 4.23. The highest BCUT2D eigenvalue weighted by molar-refractivity contribution is 5.18. The number of rotatable bonds is 7. The Balaban J connectivity index is 2.36. The first-order valence-corrected chi connectivity index (χ1v) is 5.81. The largest absolute Gasteiger partial charge is 0.385 e. The Bertz CT molecular complexity index is 324. The van der Waals surface area contributed by atoms with E-state index in [2.05, 4.69) is 0 Å². The van der Waals surface area contributed by atoms with Gasteiger partial charge in [-0.3, -0.25) is 0 Å². The fraction of sp³-hybridized carbons (Fsp3) is 0.538. The van der Waals surface area contributed by atoms with Crippen molar-refractivity contribution in [1.82, 2.24) is 0 Å². The van der Waals surface area contributed by atoms with Crippen molar-refractivity contribution in [2.24, 2.45) is 5.73 Å². The first kappa shape index (κ1) is 14.1. The van der Waals surface area contributed by atoms with E-state index in [0.717, 1.165) is 31.9 Å². The van der Waals surface area contributed by atoms with Gasteiger partial charge in [-0.2, -0.15) is 0 Å². The second kappa shape index (κ2) is 7.35. The molecule has 2 N–H and O–H groups in total. The molecule has 0 aliphatic rings. The van der Waals surface area contributed by atoms with Crippen LogP contribution in [0.4, 0.5) is 8.78 Å². The van der Waals surface area contributed by atoms with Gasteiger partial charge in [-0.15, -0.1) is 0 Å². The van der Waals surface area contributed by atoms with E-state index in [1.807, 2.05) is 0 Å². The lowest BCUT2D eigenvalue weighted by Crippen LogP contribution is -2.22. The van der Waals surface area contributed by atoms with Gasteiger partial charge in [0.2, 0.25) is 0 Å². The standard InChI is InChI=1S/C13H19F2NO/c1-17-5-3-2-4-13(16)8-10-6-11(14)9-12(15)7-10/h6-7,9,13H,2-5,8,16H2,1H3. The zero-order valence-electron chi connectivity index (χ0n) is 10.1. The van der Waals surface area contributed by atoms with Crippen LogP contribution in [-0.4, -0.2) is 19.8 Å². The van der Waals surface area contributed by atoms with E-state index in [1.165, 1.54) is 12.1 Å². The van der Waals surface area contributed by atoms with Gasteiger partial charge in [-0.25, -0.2) is 8.78 Å². The number of benzene rings is 1. The van der Waals surface area contributed by atoms with Crippen LogP contribution in [0.1, 0.15) is 24.8 Å². The molecule has 1 aromatic rings. The molecule has 2 nitrogen and oxygen atoms in total. The zero-order valence-corrected chi connectivity index (χ0v) is 10.1. The summed E-state index contributed by atoms with van der Waals surface area (Å²) >= 11 is 0. The second-order valence-corrected chi connectivity index (χ2v) is 4.23. The highest BCUT2D eigenvalue weighted by Crippen LogP contribution is 2.11. The summed E-state index contributed by atoms with van der Waals surface area (Å²) in [5.74, 6) is -1.10. The molecular weight excluding hydrogens is 224 g/mol. The molecule has 0 bridgehead atoms. The molecule has 1 atom stereocenters. The van der Waals surface area contributed by atoms with Crippen LogP contribution in [0.2, 0.25) is 0 Å². The van der Waals surface area contributed by atoms with Gasteiger partial charge in [0, 0.05) is 25.8 Å². The Morgan fingerprint density at radius 2 is 1.82 bits per heavy atom. The van der Waals surface area contributed by atoms with Crippen molar-refractivity contribution in [3.05, 3.63) is 35.4 Å². The average molecular weight is 243 g/mol. The molecule has 1 rings (SSSR count).